The molecule has 0 radical (unpaired) electrons. The number of para-hydroxylation sites is 2. The molecule has 1 aliphatic rings. The molecule has 1 N–H and O–H groups in total. The molecule has 0 saturated carbocycles. The number of hydrogen-bond donors (Lipinski definition) is 1. The molecule has 0 unspecified atom stereocenters. The van der Waals surface area contributed by atoms with E-state index >= 15 is 0 Å². The number of thiazole rings is 1. The van der Waals surface area contributed by atoms with E-state index in [9.17, 15) is 0 Å². The smallest absolute Gasteiger partial charge is 0.231 e. The molecular formula is C19H12N6O2S. The minimum Gasteiger partial charge on any atom is -0.454 e. The Kier molecular flexibility index (Phi) is 3.09. The Balaban J connectivity index is 1.46. The number of nitrogens with zero attached hydrogens (tertiary/aromatic N) is 5. The van der Waals surface area contributed by atoms with Gasteiger partial charge in [-0.15, -0.1) is 0 Å². The van der Waals surface area contributed by atoms with Crippen LogP contribution < -0.4 is 15.0 Å². The second-order valence-corrected chi connectivity index (χ2v) is 7.25. The molecule has 28 heavy (non-hydrogen) atoms. The van der Waals surface area contributed by atoms with Crippen LogP contribution in [-0.4, -0.2) is 32.1 Å². The van der Waals surface area contributed by atoms with E-state index in [0.717, 1.165) is 32.0 Å². The molecule has 0 bridgehead atoms. The molecule has 2 aromatic carbocycles. The lowest BCUT2D eigenvalue weighted by atomic mass is 10.2. The normalized spacial score (nSPS) is 13.4. The van der Waals surface area contributed by atoms with Crippen molar-refractivity contribution in [2.45, 2.75) is 0 Å². The van der Waals surface area contributed by atoms with Crippen LogP contribution in [0.2, 0.25) is 0 Å². The first kappa shape index (κ1) is 15.3. The summed E-state index contributed by atoms with van der Waals surface area (Å²) >= 11 is 1.44. The lowest BCUT2D eigenvalue weighted by molar-refractivity contribution is 0.174. The van der Waals surface area contributed by atoms with Crippen molar-refractivity contribution in [1.29, 1.82) is 5.41 Å². The zero-order chi connectivity index (χ0) is 18.7. The maximum atomic E-state index is 8.54. The highest BCUT2D eigenvalue weighted by molar-refractivity contribution is 7.23. The van der Waals surface area contributed by atoms with Crippen molar-refractivity contribution in [3.8, 4) is 11.5 Å². The maximum Gasteiger partial charge on any atom is 0.231 e. The third-order valence-corrected chi connectivity index (χ3v) is 5.64. The fourth-order valence-electron chi connectivity index (χ4n) is 3.27. The fourth-order valence-corrected chi connectivity index (χ4v) is 4.30. The lowest BCUT2D eigenvalue weighted by Crippen LogP contribution is -2.16. The summed E-state index contributed by atoms with van der Waals surface area (Å²) in [5, 5.41) is 12.9. The molecule has 9 heteroatoms. The molecule has 0 atom stereocenters. The molecule has 4 heterocycles. The molecule has 0 fully saturated rings. The predicted molar refractivity (Wildman–Crippen MR) is 105 cm³/mol. The number of rotatable bonds is 2. The Morgan fingerprint density at radius 2 is 2.04 bits per heavy atom. The molecule has 5 aromatic rings. The average molecular weight is 388 g/mol. The van der Waals surface area contributed by atoms with Crippen molar-refractivity contribution >= 4 is 43.9 Å². The molecule has 8 nitrogen and oxygen atoms in total. The third-order valence-electron chi connectivity index (χ3n) is 4.60. The summed E-state index contributed by atoms with van der Waals surface area (Å²) in [7, 11) is 0. The van der Waals surface area contributed by atoms with E-state index < -0.39 is 0 Å². The van der Waals surface area contributed by atoms with Crippen LogP contribution in [0, 0.1) is 5.41 Å². The molecule has 6 rings (SSSR count). The first-order valence-electron chi connectivity index (χ1n) is 8.54. The van der Waals surface area contributed by atoms with E-state index in [1.165, 1.54) is 16.0 Å². The van der Waals surface area contributed by atoms with E-state index in [4.69, 9.17) is 14.9 Å². The largest absolute Gasteiger partial charge is 0.454 e. The summed E-state index contributed by atoms with van der Waals surface area (Å²) < 4.78 is 14.9. The quantitative estimate of drug-likeness (QED) is 0.471. The van der Waals surface area contributed by atoms with Gasteiger partial charge in [-0.05, 0) is 35.9 Å². The van der Waals surface area contributed by atoms with Crippen LogP contribution in [0.1, 0.15) is 5.56 Å². The molecule has 3 aromatic heterocycles. The predicted octanol–water partition coefficient (Wildman–Crippen LogP) is 2.99. The van der Waals surface area contributed by atoms with Crippen LogP contribution in [0.25, 0.3) is 26.3 Å². The minimum absolute atomic E-state index is 0.233. The number of imidazole rings is 1. The number of hydrogen-bond acceptors (Lipinski definition) is 7. The molecule has 0 amide bonds. The Labute approximate surface area is 161 Å². The maximum absolute atomic E-state index is 8.54. The summed E-state index contributed by atoms with van der Waals surface area (Å²) in [5.41, 5.74) is 3.73. The van der Waals surface area contributed by atoms with Crippen molar-refractivity contribution < 1.29 is 9.47 Å². The Hall–Kier alpha value is -3.72. The van der Waals surface area contributed by atoms with Gasteiger partial charge in [0.2, 0.25) is 6.79 Å². The van der Waals surface area contributed by atoms with Gasteiger partial charge in [0.25, 0.3) is 0 Å². The number of aromatic nitrogens is 4. The minimum atomic E-state index is 0.233. The highest BCUT2D eigenvalue weighted by Gasteiger charge is 2.15. The summed E-state index contributed by atoms with van der Waals surface area (Å²) in [6, 6.07) is 13.5. The van der Waals surface area contributed by atoms with Crippen molar-refractivity contribution in [2.75, 3.05) is 6.79 Å². The fraction of sp³-hybridized carbons (Fsp3) is 0.0526. The molecule has 0 spiro atoms. The van der Waals surface area contributed by atoms with Crippen molar-refractivity contribution in [3.05, 3.63) is 59.8 Å². The van der Waals surface area contributed by atoms with E-state index in [1.54, 1.807) is 12.5 Å². The van der Waals surface area contributed by atoms with Crippen LogP contribution in [0.3, 0.4) is 0 Å². The van der Waals surface area contributed by atoms with Gasteiger partial charge in [-0.1, -0.05) is 23.5 Å². The highest BCUT2D eigenvalue weighted by Crippen LogP contribution is 2.32. The first-order valence-corrected chi connectivity index (χ1v) is 9.35. The molecule has 0 saturated heterocycles. The number of benzene rings is 2. The SMILES string of the molecule is N=c1c2sc3nc4ccccc4n3c2ncn1N=Cc1ccc2c(c1)OCO2. The van der Waals surface area contributed by atoms with Gasteiger partial charge in [0, 0.05) is 0 Å². The summed E-state index contributed by atoms with van der Waals surface area (Å²) in [6.45, 7) is 0.233. The van der Waals surface area contributed by atoms with Crippen LogP contribution >= 0.6 is 11.3 Å². The van der Waals surface area contributed by atoms with Gasteiger partial charge in [0.15, 0.2) is 27.6 Å². The standard InChI is InChI=1S/C19H12N6O2S/c20-17-16-18(25-13-4-2-1-3-12(13)23-19(25)28-16)21-9-24(17)22-8-11-5-6-14-15(7-11)27-10-26-14/h1-9,20H,10H2. The zero-order valence-corrected chi connectivity index (χ0v) is 15.2. The summed E-state index contributed by atoms with van der Waals surface area (Å²) in [4.78, 5) is 9.99. The van der Waals surface area contributed by atoms with Gasteiger partial charge in [-0.25, -0.2) is 14.6 Å². The second-order valence-electron chi connectivity index (χ2n) is 6.27. The van der Waals surface area contributed by atoms with Gasteiger partial charge in [0.05, 0.1) is 17.2 Å². The zero-order valence-electron chi connectivity index (χ0n) is 14.4. The van der Waals surface area contributed by atoms with E-state index in [2.05, 4.69) is 15.1 Å². The number of nitrogens with one attached hydrogen (secondary N) is 1. The van der Waals surface area contributed by atoms with Gasteiger partial charge in [0.1, 0.15) is 11.0 Å². The van der Waals surface area contributed by atoms with Crippen LogP contribution in [0.4, 0.5) is 0 Å². The topological polar surface area (TPSA) is 89.8 Å². The molecular weight excluding hydrogens is 376 g/mol. The van der Waals surface area contributed by atoms with E-state index in [1.807, 2.05) is 46.9 Å². The van der Waals surface area contributed by atoms with Gasteiger partial charge >= 0.3 is 0 Å². The van der Waals surface area contributed by atoms with Gasteiger partial charge in [-0.3, -0.25) is 9.81 Å². The first-order chi connectivity index (χ1) is 13.8. The average Bonchev–Trinajstić information content (AvgIpc) is 3.40. The van der Waals surface area contributed by atoms with Gasteiger partial charge in [-0.2, -0.15) is 5.10 Å². The van der Waals surface area contributed by atoms with Crippen LogP contribution in [-0.2, 0) is 0 Å². The van der Waals surface area contributed by atoms with Crippen LogP contribution in [0.5, 0.6) is 11.5 Å². The highest BCUT2D eigenvalue weighted by atomic mass is 32.1. The second kappa shape index (κ2) is 5.64. The summed E-state index contributed by atoms with van der Waals surface area (Å²) in [5.74, 6) is 1.42. The molecule has 136 valence electrons. The van der Waals surface area contributed by atoms with E-state index in [0.29, 0.717) is 11.4 Å². The van der Waals surface area contributed by atoms with Gasteiger partial charge < -0.3 is 9.47 Å². The summed E-state index contributed by atoms with van der Waals surface area (Å²) in [6.07, 6.45) is 3.22. The lowest BCUT2D eigenvalue weighted by Gasteiger charge is -2.01. The Bertz CT molecular complexity index is 1480. The molecule has 1 aliphatic heterocycles. The van der Waals surface area contributed by atoms with Crippen molar-refractivity contribution in [2.24, 2.45) is 5.10 Å². The number of fused-ring (bicyclic) bond motifs is 6. The van der Waals surface area contributed by atoms with Crippen molar-refractivity contribution in [1.82, 2.24) is 19.0 Å². The van der Waals surface area contributed by atoms with E-state index in [-0.39, 0.29) is 12.3 Å². The monoisotopic (exact) mass is 388 g/mol. The molecule has 0 aliphatic carbocycles. The van der Waals surface area contributed by atoms with Crippen molar-refractivity contribution in [3.63, 3.8) is 0 Å². The third kappa shape index (κ3) is 2.16. The number of ether oxygens (including phenoxy) is 2. The Morgan fingerprint density at radius 3 is 3.00 bits per heavy atom. The Morgan fingerprint density at radius 1 is 1.14 bits per heavy atom. The van der Waals surface area contributed by atoms with Crippen LogP contribution in [0.15, 0.2) is 53.9 Å².